The fourth-order valence-corrected chi connectivity index (χ4v) is 6.36. The van der Waals surface area contributed by atoms with Crippen molar-refractivity contribution in [1.29, 1.82) is 0 Å². The summed E-state index contributed by atoms with van der Waals surface area (Å²) < 4.78 is 100. The largest absolute Gasteiger partial charge is 0.456 e. The molecule has 1 aliphatic carbocycles. The van der Waals surface area contributed by atoms with Gasteiger partial charge in [0, 0.05) is 43.3 Å². The molecule has 4 rings (SSSR count). The Kier molecular flexibility index (Phi) is 7.61. The number of hydrogen-bond acceptors (Lipinski definition) is 6. The molecule has 1 aliphatic rings. The molecule has 0 aliphatic heterocycles. The molecule has 2 heterocycles. The number of Topliss-reactive ketones (excluding diaryl/α,β-unsaturated/α-hetero) is 1. The fourth-order valence-electron chi connectivity index (χ4n) is 4.39. The molecule has 0 amide bonds. The second-order valence-electron chi connectivity index (χ2n) is 8.98. The third kappa shape index (κ3) is 4.82. The van der Waals surface area contributed by atoms with Gasteiger partial charge in [-0.15, -0.1) is 22.7 Å². The Hall–Kier alpha value is -2.96. The molecule has 1 aromatic carbocycles. The molecule has 208 valence electrons. The molecule has 0 N–H and O–H groups in total. The molecule has 0 unspecified atom stereocenters. The Labute approximate surface area is 227 Å². The summed E-state index contributed by atoms with van der Waals surface area (Å²) in [6.07, 6.45) is 0. The van der Waals surface area contributed by atoms with Gasteiger partial charge in [-0.3, -0.25) is 4.79 Å². The Morgan fingerprint density at radius 3 is 1.77 bits per heavy atom. The quantitative estimate of drug-likeness (QED) is 0.152. The highest BCUT2D eigenvalue weighted by atomic mass is 32.1. The molecule has 12 heteroatoms. The van der Waals surface area contributed by atoms with Gasteiger partial charge in [-0.25, -0.2) is 4.79 Å². The van der Waals surface area contributed by atoms with Gasteiger partial charge in [-0.05, 0) is 56.2 Å². The molecular formula is C27H22F6O4S2. The third-order valence-electron chi connectivity index (χ3n) is 6.28. The number of aryl methyl sites for hydroxylation is 2. The van der Waals surface area contributed by atoms with E-state index in [1.165, 1.54) is 58.2 Å². The number of esters is 1. The first-order valence-electron chi connectivity index (χ1n) is 11.5. The van der Waals surface area contributed by atoms with Gasteiger partial charge in [0.15, 0.2) is 5.78 Å². The van der Waals surface area contributed by atoms with Crippen molar-refractivity contribution in [2.75, 3.05) is 7.11 Å². The first kappa shape index (κ1) is 29.0. The van der Waals surface area contributed by atoms with Crippen LogP contribution >= 0.6 is 22.7 Å². The van der Waals surface area contributed by atoms with Crippen LogP contribution in [0.2, 0.25) is 0 Å². The summed E-state index contributed by atoms with van der Waals surface area (Å²) in [5.41, 5.74) is -3.40. The minimum atomic E-state index is -5.68. The SMILES string of the molecule is COCc1cc(C2=C(c3cc(COC(=O)c4cccc(C(C)=O)c4)sc3C)C(F)(F)C(F)(F)C2(F)F)c(C)s1. The second-order valence-corrected chi connectivity index (χ2v) is 11.7. The molecule has 0 spiro atoms. The number of benzene rings is 1. The maximum Gasteiger partial charge on any atom is 0.380 e. The van der Waals surface area contributed by atoms with Crippen LogP contribution in [0.4, 0.5) is 26.3 Å². The lowest BCUT2D eigenvalue weighted by atomic mass is 9.95. The van der Waals surface area contributed by atoms with Crippen molar-refractivity contribution in [3.63, 3.8) is 0 Å². The molecule has 4 nitrogen and oxygen atoms in total. The van der Waals surface area contributed by atoms with E-state index in [4.69, 9.17) is 9.47 Å². The molecule has 0 saturated carbocycles. The highest BCUT2D eigenvalue weighted by Crippen LogP contribution is 2.65. The Balaban J connectivity index is 1.75. The predicted octanol–water partition coefficient (Wildman–Crippen LogP) is 7.96. The zero-order valence-electron chi connectivity index (χ0n) is 21.1. The van der Waals surface area contributed by atoms with Gasteiger partial charge < -0.3 is 9.47 Å². The molecular weight excluding hydrogens is 566 g/mol. The molecule has 0 radical (unpaired) electrons. The lowest BCUT2D eigenvalue weighted by Gasteiger charge is -2.25. The minimum absolute atomic E-state index is 0.00516. The second kappa shape index (κ2) is 10.2. The van der Waals surface area contributed by atoms with Crippen molar-refractivity contribution in [1.82, 2.24) is 0 Å². The topological polar surface area (TPSA) is 52.6 Å². The Bertz CT molecular complexity index is 1480. The van der Waals surface area contributed by atoms with Gasteiger partial charge in [0.2, 0.25) is 0 Å². The number of carbonyl (C=O) groups excluding carboxylic acids is 2. The summed E-state index contributed by atoms with van der Waals surface area (Å²) in [5.74, 6) is -17.1. The Morgan fingerprint density at radius 2 is 1.28 bits per heavy atom. The fraction of sp³-hybridized carbons (Fsp3) is 0.333. The molecule has 0 fully saturated rings. The van der Waals surface area contributed by atoms with E-state index in [1.807, 2.05) is 0 Å². The van der Waals surface area contributed by atoms with Gasteiger partial charge in [0.25, 0.3) is 0 Å². The van der Waals surface area contributed by atoms with Crippen LogP contribution in [0.25, 0.3) is 11.1 Å². The minimum Gasteiger partial charge on any atom is -0.456 e. The third-order valence-corrected chi connectivity index (χ3v) is 8.33. The normalized spacial score (nSPS) is 17.5. The van der Waals surface area contributed by atoms with E-state index in [2.05, 4.69) is 0 Å². The summed E-state index contributed by atoms with van der Waals surface area (Å²) in [6.45, 7) is 3.62. The lowest BCUT2D eigenvalue weighted by Crippen LogP contribution is -2.48. The van der Waals surface area contributed by atoms with Crippen LogP contribution in [-0.4, -0.2) is 36.6 Å². The number of ether oxygens (including phenoxy) is 2. The van der Waals surface area contributed by atoms with Gasteiger partial charge in [0.05, 0.1) is 12.2 Å². The van der Waals surface area contributed by atoms with E-state index in [1.54, 1.807) is 0 Å². The highest BCUT2D eigenvalue weighted by Gasteiger charge is 2.80. The average Bonchev–Trinajstić information content (AvgIpc) is 3.43. The number of alkyl halides is 6. The number of allylic oxidation sites excluding steroid dienone is 2. The molecule has 2 aromatic heterocycles. The zero-order chi connectivity index (χ0) is 28.9. The van der Waals surface area contributed by atoms with Crippen LogP contribution in [0.1, 0.15) is 58.3 Å². The first-order chi connectivity index (χ1) is 18.1. The van der Waals surface area contributed by atoms with Crippen molar-refractivity contribution in [2.45, 2.75) is 51.8 Å². The van der Waals surface area contributed by atoms with Crippen LogP contribution in [0.15, 0.2) is 36.4 Å². The van der Waals surface area contributed by atoms with Gasteiger partial charge in [-0.2, -0.15) is 26.3 Å². The predicted molar refractivity (Wildman–Crippen MR) is 136 cm³/mol. The van der Waals surface area contributed by atoms with Crippen molar-refractivity contribution >= 4 is 45.6 Å². The van der Waals surface area contributed by atoms with E-state index in [9.17, 15) is 18.4 Å². The first-order valence-corrected chi connectivity index (χ1v) is 13.1. The van der Waals surface area contributed by atoms with Crippen LogP contribution in [0.3, 0.4) is 0 Å². The summed E-state index contributed by atoms with van der Waals surface area (Å²) in [4.78, 5) is 24.9. The molecule has 0 atom stereocenters. The number of ketones is 1. The number of carbonyl (C=O) groups is 2. The standard InChI is InChI=1S/C27H22F6O4S2/c1-13(34)16-6-5-7-17(8-16)24(35)37-12-19-10-21(15(3)39-19)23-22(20-9-18(11-36-4)38-14(20)2)25(28,29)27(32,33)26(23,30)31/h5-10H,11-12H2,1-4H3. The van der Waals surface area contributed by atoms with E-state index >= 15 is 17.6 Å². The van der Waals surface area contributed by atoms with Crippen LogP contribution in [0, 0.1) is 13.8 Å². The molecule has 0 saturated heterocycles. The number of methoxy groups -OCH3 is 1. The highest BCUT2D eigenvalue weighted by molar-refractivity contribution is 7.12. The zero-order valence-corrected chi connectivity index (χ0v) is 22.7. The smallest absolute Gasteiger partial charge is 0.380 e. The number of rotatable bonds is 8. The van der Waals surface area contributed by atoms with Gasteiger partial charge in [0.1, 0.15) is 6.61 Å². The lowest BCUT2D eigenvalue weighted by molar-refractivity contribution is -0.254. The maximum absolute atomic E-state index is 15.2. The van der Waals surface area contributed by atoms with Crippen molar-refractivity contribution in [3.05, 3.63) is 78.2 Å². The van der Waals surface area contributed by atoms with E-state index in [0.29, 0.717) is 4.88 Å². The Morgan fingerprint density at radius 1 is 0.795 bits per heavy atom. The van der Waals surface area contributed by atoms with Crippen molar-refractivity contribution in [3.8, 4) is 0 Å². The van der Waals surface area contributed by atoms with Crippen molar-refractivity contribution < 1.29 is 45.4 Å². The summed E-state index contributed by atoms with van der Waals surface area (Å²) in [5, 5.41) is 0. The molecule has 3 aromatic rings. The summed E-state index contributed by atoms with van der Waals surface area (Å²) in [7, 11) is 1.36. The van der Waals surface area contributed by atoms with Crippen LogP contribution in [-0.2, 0) is 22.7 Å². The summed E-state index contributed by atoms with van der Waals surface area (Å²) in [6, 6.07) is 7.99. The van der Waals surface area contributed by atoms with Gasteiger partial charge in [-0.1, -0.05) is 12.1 Å². The average molecular weight is 589 g/mol. The molecule has 0 bridgehead atoms. The van der Waals surface area contributed by atoms with Crippen LogP contribution in [0.5, 0.6) is 0 Å². The number of hydrogen-bond donors (Lipinski definition) is 0. The maximum atomic E-state index is 15.2. The van der Waals surface area contributed by atoms with Gasteiger partial charge >= 0.3 is 23.7 Å². The monoisotopic (exact) mass is 588 g/mol. The van der Waals surface area contributed by atoms with E-state index < -0.39 is 52.6 Å². The number of thiophene rings is 2. The number of halogens is 6. The van der Waals surface area contributed by atoms with E-state index in [0.717, 1.165) is 28.7 Å². The van der Waals surface area contributed by atoms with Crippen molar-refractivity contribution in [2.24, 2.45) is 0 Å². The van der Waals surface area contributed by atoms with E-state index in [-0.39, 0.29) is 38.1 Å². The molecule has 39 heavy (non-hydrogen) atoms. The van der Waals surface area contributed by atoms with Crippen LogP contribution < -0.4 is 0 Å². The summed E-state index contributed by atoms with van der Waals surface area (Å²) >= 11 is 1.84.